The first kappa shape index (κ1) is 19.2. The molecule has 1 saturated heterocycles. The van der Waals surface area contributed by atoms with Crippen molar-refractivity contribution in [2.45, 2.75) is 37.2 Å². The lowest BCUT2D eigenvalue weighted by Crippen LogP contribution is -2.39. The fourth-order valence-corrected chi connectivity index (χ4v) is 6.51. The van der Waals surface area contributed by atoms with Gasteiger partial charge in [0.25, 0.3) is 0 Å². The molecule has 0 aliphatic carbocycles. The van der Waals surface area contributed by atoms with E-state index in [2.05, 4.69) is 28.8 Å². The number of fused-ring (bicyclic) bond motifs is 1. The number of hydrogen-bond donors (Lipinski definition) is 1. The Balaban J connectivity index is 1.61. The van der Waals surface area contributed by atoms with Crippen molar-refractivity contribution in [3.05, 3.63) is 42.5 Å². The van der Waals surface area contributed by atoms with Crippen LogP contribution in [0.4, 0.5) is 5.82 Å². The monoisotopic (exact) mass is 418 g/mol. The molecule has 3 aromatic rings. The second kappa shape index (κ2) is 7.34. The zero-order valence-corrected chi connectivity index (χ0v) is 17.3. The normalized spacial score (nSPS) is 18.3. The summed E-state index contributed by atoms with van der Waals surface area (Å²) < 4.78 is 29.8. The zero-order valence-electron chi connectivity index (χ0n) is 15.7. The summed E-state index contributed by atoms with van der Waals surface area (Å²) in [5.41, 5.74) is 8.11. The molecular weight excluding hydrogens is 396 g/mol. The largest absolute Gasteiger partial charge is 0.382 e. The maximum atomic E-state index is 13.2. The van der Waals surface area contributed by atoms with E-state index in [-0.39, 0.29) is 6.04 Å². The van der Waals surface area contributed by atoms with Crippen LogP contribution in [0.5, 0.6) is 0 Å². The predicted molar refractivity (Wildman–Crippen MR) is 110 cm³/mol. The third-order valence-electron chi connectivity index (χ3n) is 4.93. The molecule has 4 rings (SSSR count). The highest BCUT2D eigenvalue weighted by Crippen LogP contribution is 2.30. The summed E-state index contributed by atoms with van der Waals surface area (Å²) >= 11 is 1.61. The van der Waals surface area contributed by atoms with Crippen molar-refractivity contribution in [3.8, 4) is 0 Å². The van der Waals surface area contributed by atoms with Gasteiger partial charge in [0.15, 0.2) is 11.5 Å². The van der Waals surface area contributed by atoms with E-state index in [0.29, 0.717) is 46.0 Å². The van der Waals surface area contributed by atoms with Crippen molar-refractivity contribution in [1.29, 1.82) is 0 Å². The summed E-state index contributed by atoms with van der Waals surface area (Å²) in [5.74, 6) is 1.82. The summed E-state index contributed by atoms with van der Waals surface area (Å²) in [5, 5.41) is 0. The molecule has 148 valence electrons. The number of rotatable bonds is 5. The first-order valence-corrected chi connectivity index (χ1v) is 11.6. The maximum Gasteiger partial charge on any atom is 0.244 e. The van der Waals surface area contributed by atoms with Gasteiger partial charge in [-0.15, -0.1) is 11.8 Å². The fourth-order valence-electron chi connectivity index (χ4n) is 3.30. The summed E-state index contributed by atoms with van der Waals surface area (Å²) in [6.07, 6.45) is 3.03. The first-order chi connectivity index (χ1) is 13.4. The average Bonchev–Trinajstić information content (AvgIpc) is 3.31. The Kier molecular flexibility index (Phi) is 5.02. The molecule has 1 fully saturated rings. The number of anilines is 1. The second-order valence-electron chi connectivity index (χ2n) is 7.10. The minimum Gasteiger partial charge on any atom is -0.382 e. The highest BCUT2D eigenvalue weighted by molar-refractivity contribution is 8.00. The third-order valence-corrected chi connectivity index (χ3v) is 8.08. The van der Waals surface area contributed by atoms with E-state index in [1.807, 2.05) is 16.7 Å². The molecule has 0 radical (unpaired) electrons. The average molecular weight is 419 g/mol. The SMILES string of the molecule is CC(C)c1ccc(S(=O)(=O)N2CSCC2Cn2cnc3c(N)ncnc32)cc1. The molecule has 2 N–H and O–H groups in total. The van der Waals surface area contributed by atoms with Gasteiger partial charge in [0.1, 0.15) is 11.8 Å². The van der Waals surface area contributed by atoms with Crippen LogP contribution >= 0.6 is 11.8 Å². The lowest BCUT2D eigenvalue weighted by Gasteiger charge is -2.24. The van der Waals surface area contributed by atoms with Crippen molar-refractivity contribution < 1.29 is 8.42 Å². The van der Waals surface area contributed by atoms with Gasteiger partial charge in [-0.2, -0.15) is 4.31 Å². The molecule has 2 aromatic heterocycles. The van der Waals surface area contributed by atoms with Crippen molar-refractivity contribution in [3.63, 3.8) is 0 Å². The van der Waals surface area contributed by atoms with E-state index in [4.69, 9.17) is 5.73 Å². The van der Waals surface area contributed by atoms with Gasteiger partial charge >= 0.3 is 0 Å². The first-order valence-electron chi connectivity index (χ1n) is 8.99. The van der Waals surface area contributed by atoms with Crippen LogP contribution in [0.2, 0.25) is 0 Å². The Hall–Kier alpha value is -2.17. The van der Waals surface area contributed by atoms with E-state index in [1.165, 1.54) is 6.33 Å². The maximum absolute atomic E-state index is 13.2. The zero-order chi connectivity index (χ0) is 19.9. The molecule has 0 spiro atoms. The molecule has 1 aliphatic heterocycles. The van der Waals surface area contributed by atoms with Crippen LogP contribution in [0.1, 0.15) is 25.3 Å². The lowest BCUT2D eigenvalue weighted by molar-refractivity contribution is 0.365. The van der Waals surface area contributed by atoms with Gasteiger partial charge in [0, 0.05) is 12.3 Å². The topological polar surface area (TPSA) is 107 Å². The van der Waals surface area contributed by atoms with Crippen LogP contribution in [-0.4, -0.2) is 49.9 Å². The quantitative estimate of drug-likeness (QED) is 0.677. The van der Waals surface area contributed by atoms with Crippen molar-refractivity contribution in [2.75, 3.05) is 17.4 Å². The number of thioether (sulfide) groups is 1. The summed E-state index contributed by atoms with van der Waals surface area (Å²) in [6, 6.07) is 6.99. The number of benzene rings is 1. The van der Waals surface area contributed by atoms with Gasteiger partial charge in [-0.05, 0) is 23.6 Å². The van der Waals surface area contributed by atoms with E-state index in [1.54, 1.807) is 34.5 Å². The summed E-state index contributed by atoms with van der Waals surface area (Å²) in [7, 11) is -3.57. The number of nitrogens with zero attached hydrogens (tertiary/aromatic N) is 5. The number of hydrogen-bond acceptors (Lipinski definition) is 7. The van der Waals surface area contributed by atoms with E-state index >= 15 is 0 Å². The van der Waals surface area contributed by atoms with Gasteiger partial charge in [-0.25, -0.2) is 23.4 Å². The van der Waals surface area contributed by atoms with Crippen LogP contribution in [0, 0.1) is 0 Å². The Morgan fingerprint density at radius 3 is 2.68 bits per heavy atom. The Morgan fingerprint density at radius 1 is 1.21 bits per heavy atom. The molecule has 3 heterocycles. The van der Waals surface area contributed by atoms with Gasteiger partial charge in [-0.3, -0.25) is 0 Å². The molecule has 1 aliphatic rings. The van der Waals surface area contributed by atoms with Gasteiger partial charge in [0.05, 0.1) is 23.1 Å². The molecule has 0 bridgehead atoms. The van der Waals surface area contributed by atoms with Crippen molar-refractivity contribution in [2.24, 2.45) is 0 Å². The molecule has 0 saturated carbocycles. The smallest absolute Gasteiger partial charge is 0.244 e. The van der Waals surface area contributed by atoms with Gasteiger partial charge < -0.3 is 10.3 Å². The number of sulfonamides is 1. The summed E-state index contributed by atoms with van der Waals surface area (Å²) in [6.45, 7) is 4.63. The Labute approximate surface area is 168 Å². The van der Waals surface area contributed by atoms with Crippen molar-refractivity contribution >= 4 is 38.8 Å². The highest BCUT2D eigenvalue weighted by atomic mass is 32.2. The van der Waals surface area contributed by atoms with E-state index in [0.717, 1.165) is 5.56 Å². The second-order valence-corrected chi connectivity index (χ2v) is 9.99. The van der Waals surface area contributed by atoms with Crippen LogP contribution in [0.3, 0.4) is 0 Å². The van der Waals surface area contributed by atoms with Gasteiger partial charge in [0.2, 0.25) is 10.0 Å². The van der Waals surface area contributed by atoms with E-state index in [9.17, 15) is 8.42 Å². The van der Waals surface area contributed by atoms with Crippen molar-refractivity contribution in [1.82, 2.24) is 23.8 Å². The molecule has 1 atom stereocenters. The molecular formula is C18H22N6O2S2. The number of aromatic nitrogens is 4. The van der Waals surface area contributed by atoms with Crippen LogP contribution in [-0.2, 0) is 16.6 Å². The minimum absolute atomic E-state index is 0.187. The Bertz CT molecular complexity index is 1090. The molecule has 1 unspecified atom stereocenters. The standard InChI is InChI=1S/C18H22N6O2S2/c1-12(2)13-3-5-15(6-4-13)28(25,26)24-11-27-8-14(24)7-23-10-22-16-17(19)20-9-21-18(16)23/h3-6,9-10,12,14H,7-8,11H2,1-2H3,(H2,19,20,21). The molecule has 28 heavy (non-hydrogen) atoms. The number of nitrogens with two attached hydrogens (primary N) is 1. The minimum atomic E-state index is -3.57. The molecule has 0 amide bonds. The highest BCUT2D eigenvalue weighted by Gasteiger charge is 2.36. The predicted octanol–water partition coefficient (Wildman–Crippen LogP) is 2.30. The molecule has 1 aromatic carbocycles. The number of nitrogen functional groups attached to an aromatic ring is 1. The fraction of sp³-hybridized carbons (Fsp3) is 0.389. The van der Waals surface area contributed by atoms with Crippen LogP contribution in [0.15, 0.2) is 41.8 Å². The third kappa shape index (κ3) is 3.36. The van der Waals surface area contributed by atoms with Crippen LogP contribution < -0.4 is 5.73 Å². The Morgan fingerprint density at radius 2 is 1.96 bits per heavy atom. The number of imidazole rings is 1. The van der Waals surface area contributed by atoms with E-state index < -0.39 is 10.0 Å². The molecule has 8 nitrogen and oxygen atoms in total. The van der Waals surface area contributed by atoms with Gasteiger partial charge in [-0.1, -0.05) is 26.0 Å². The summed E-state index contributed by atoms with van der Waals surface area (Å²) in [4.78, 5) is 12.8. The molecule has 10 heteroatoms. The van der Waals surface area contributed by atoms with Crippen LogP contribution in [0.25, 0.3) is 11.2 Å². The lowest BCUT2D eigenvalue weighted by atomic mass is 10.0.